The molecule has 2 N–H and O–H groups in total. The first-order valence-corrected chi connectivity index (χ1v) is 8.48. The lowest BCUT2D eigenvalue weighted by Crippen LogP contribution is -2.19. The Morgan fingerprint density at radius 2 is 1.91 bits per heavy atom. The van der Waals surface area contributed by atoms with Crippen LogP contribution in [0.1, 0.15) is 11.1 Å². The molecule has 2 aromatic carbocycles. The largest absolute Gasteiger partial charge is 0.361 e. The molecule has 0 spiro atoms. The standard InChI is InChI=1S/C18H17N3OS/c22-18(13-23-12-14-6-2-1-3-7-14)21-20-11-15-10-19-17-9-5-4-8-16(15)17/h1-11,19H,12-13H2,(H,21,22)/b20-11+. The maximum Gasteiger partial charge on any atom is 0.250 e. The summed E-state index contributed by atoms with van der Waals surface area (Å²) in [4.78, 5) is 14.9. The highest BCUT2D eigenvalue weighted by molar-refractivity contribution is 7.99. The second-order valence-electron chi connectivity index (χ2n) is 5.06. The number of nitrogens with zero attached hydrogens (tertiary/aromatic N) is 1. The third-order valence-corrected chi connectivity index (χ3v) is 4.36. The van der Waals surface area contributed by atoms with E-state index in [4.69, 9.17) is 0 Å². The minimum Gasteiger partial charge on any atom is -0.361 e. The smallest absolute Gasteiger partial charge is 0.250 e. The summed E-state index contributed by atoms with van der Waals surface area (Å²) in [5.74, 6) is 1.11. The van der Waals surface area contributed by atoms with Gasteiger partial charge in [0.2, 0.25) is 5.91 Å². The van der Waals surface area contributed by atoms with Crippen LogP contribution < -0.4 is 5.43 Å². The van der Waals surface area contributed by atoms with Gasteiger partial charge in [0.1, 0.15) is 0 Å². The van der Waals surface area contributed by atoms with Crippen molar-refractivity contribution in [3.63, 3.8) is 0 Å². The zero-order valence-electron chi connectivity index (χ0n) is 12.5. The van der Waals surface area contributed by atoms with Crippen LogP contribution >= 0.6 is 11.8 Å². The number of H-pyrrole nitrogens is 1. The van der Waals surface area contributed by atoms with Gasteiger partial charge in [-0.15, -0.1) is 11.8 Å². The van der Waals surface area contributed by atoms with E-state index in [2.05, 4.69) is 27.6 Å². The van der Waals surface area contributed by atoms with Crippen molar-refractivity contribution in [2.24, 2.45) is 5.10 Å². The number of benzene rings is 2. The summed E-state index contributed by atoms with van der Waals surface area (Å²) in [6, 6.07) is 18.1. The minimum absolute atomic E-state index is 0.0953. The Hall–Kier alpha value is -2.53. The molecule has 0 radical (unpaired) electrons. The van der Waals surface area contributed by atoms with Crippen molar-refractivity contribution < 1.29 is 4.79 Å². The van der Waals surface area contributed by atoms with Crippen molar-refractivity contribution in [3.8, 4) is 0 Å². The molecule has 1 heterocycles. The lowest BCUT2D eigenvalue weighted by molar-refractivity contribution is -0.118. The Labute approximate surface area is 139 Å². The van der Waals surface area contributed by atoms with E-state index in [9.17, 15) is 4.79 Å². The number of hydrogen-bond acceptors (Lipinski definition) is 3. The second kappa shape index (κ2) is 7.65. The van der Waals surface area contributed by atoms with Gasteiger partial charge in [-0.1, -0.05) is 48.5 Å². The summed E-state index contributed by atoms with van der Waals surface area (Å²) in [6.45, 7) is 0. The van der Waals surface area contributed by atoms with Crippen molar-refractivity contribution in [2.75, 3.05) is 5.75 Å². The number of amides is 1. The first kappa shape index (κ1) is 15.4. The van der Waals surface area contributed by atoms with Crippen LogP contribution in [0.15, 0.2) is 65.9 Å². The average molecular weight is 323 g/mol. The van der Waals surface area contributed by atoms with Crippen LogP contribution in [0.25, 0.3) is 10.9 Å². The Bertz CT molecular complexity index is 811. The van der Waals surface area contributed by atoms with Gasteiger partial charge >= 0.3 is 0 Å². The van der Waals surface area contributed by atoms with Crippen LogP contribution in [0, 0.1) is 0 Å². The maximum atomic E-state index is 11.8. The topological polar surface area (TPSA) is 57.2 Å². The molecule has 0 saturated carbocycles. The minimum atomic E-state index is -0.0953. The first-order valence-electron chi connectivity index (χ1n) is 7.32. The van der Waals surface area contributed by atoms with Crippen molar-refractivity contribution in [3.05, 3.63) is 71.9 Å². The molecule has 0 aliphatic carbocycles. The van der Waals surface area contributed by atoms with Crippen LogP contribution in [-0.4, -0.2) is 22.9 Å². The van der Waals surface area contributed by atoms with Gasteiger partial charge in [-0.05, 0) is 11.6 Å². The summed E-state index contributed by atoms with van der Waals surface area (Å²) in [5, 5.41) is 5.12. The van der Waals surface area contributed by atoms with Crippen molar-refractivity contribution in [2.45, 2.75) is 5.75 Å². The lowest BCUT2D eigenvalue weighted by atomic mass is 10.2. The second-order valence-corrected chi connectivity index (χ2v) is 6.05. The van der Waals surface area contributed by atoms with E-state index >= 15 is 0 Å². The molecule has 3 aromatic rings. The van der Waals surface area contributed by atoms with Gasteiger partial charge < -0.3 is 4.98 Å². The highest BCUT2D eigenvalue weighted by Gasteiger charge is 2.02. The molecule has 0 atom stereocenters. The molecule has 0 aliphatic rings. The van der Waals surface area contributed by atoms with Gasteiger partial charge in [0, 0.05) is 28.4 Å². The molecule has 1 amide bonds. The average Bonchev–Trinajstić information content (AvgIpc) is 2.99. The predicted molar refractivity (Wildman–Crippen MR) is 96.6 cm³/mol. The van der Waals surface area contributed by atoms with E-state index in [0.29, 0.717) is 5.75 Å². The first-order chi connectivity index (χ1) is 11.3. The van der Waals surface area contributed by atoms with E-state index in [1.165, 1.54) is 5.56 Å². The molecule has 0 fully saturated rings. The van der Waals surface area contributed by atoms with Crippen LogP contribution in [-0.2, 0) is 10.5 Å². The van der Waals surface area contributed by atoms with Crippen LogP contribution in [0.2, 0.25) is 0 Å². The Morgan fingerprint density at radius 1 is 1.13 bits per heavy atom. The quantitative estimate of drug-likeness (QED) is 0.538. The third kappa shape index (κ3) is 4.23. The normalized spacial score (nSPS) is 11.1. The molecule has 0 saturated heterocycles. The van der Waals surface area contributed by atoms with Crippen molar-refractivity contribution >= 4 is 34.8 Å². The Kier molecular flexibility index (Phi) is 5.11. The van der Waals surface area contributed by atoms with Crippen molar-refractivity contribution in [1.29, 1.82) is 0 Å². The van der Waals surface area contributed by atoms with Gasteiger partial charge in [0.15, 0.2) is 0 Å². The van der Waals surface area contributed by atoms with E-state index < -0.39 is 0 Å². The molecule has 0 bridgehead atoms. The van der Waals surface area contributed by atoms with Crippen LogP contribution in [0.3, 0.4) is 0 Å². The number of carbonyl (C=O) groups excluding carboxylic acids is 1. The summed E-state index contributed by atoms with van der Waals surface area (Å²) in [5.41, 5.74) is 5.79. The van der Waals surface area contributed by atoms with Gasteiger partial charge in [-0.3, -0.25) is 4.79 Å². The number of carbonyl (C=O) groups is 1. The number of para-hydroxylation sites is 1. The van der Waals surface area contributed by atoms with Crippen LogP contribution in [0.5, 0.6) is 0 Å². The van der Waals surface area contributed by atoms with Gasteiger partial charge in [-0.2, -0.15) is 5.10 Å². The molecule has 4 nitrogen and oxygen atoms in total. The van der Waals surface area contributed by atoms with Gasteiger partial charge in [0.25, 0.3) is 0 Å². The SMILES string of the molecule is O=C(CSCc1ccccc1)N/N=C/c1c[nH]c2ccccc12. The maximum absolute atomic E-state index is 11.8. The number of aromatic amines is 1. The van der Waals surface area contributed by atoms with Crippen molar-refractivity contribution in [1.82, 2.24) is 10.4 Å². The number of aromatic nitrogens is 1. The summed E-state index contributed by atoms with van der Waals surface area (Å²) in [7, 11) is 0. The molecular weight excluding hydrogens is 306 g/mol. The molecule has 5 heteroatoms. The molecule has 0 aliphatic heterocycles. The fourth-order valence-corrected chi connectivity index (χ4v) is 3.02. The number of hydrogen-bond donors (Lipinski definition) is 2. The molecule has 23 heavy (non-hydrogen) atoms. The monoisotopic (exact) mass is 323 g/mol. The van der Waals surface area contributed by atoms with E-state index in [1.807, 2.05) is 48.7 Å². The van der Waals surface area contributed by atoms with E-state index in [0.717, 1.165) is 22.2 Å². The van der Waals surface area contributed by atoms with Crippen LogP contribution in [0.4, 0.5) is 0 Å². The highest BCUT2D eigenvalue weighted by atomic mass is 32.2. The molecule has 3 rings (SSSR count). The number of thioether (sulfide) groups is 1. The van der Waals surface area contributed by atoms with Gasteiger partial charge in [0.05, 0.1) is 12.0 Å². The number of fused-ring (bicyclic) bond motifs is 1. The fourth-order valence-electron chi connectivity index (χ4n) is 2.24. The van der Waals surface area contributed by atoms with Gasteiger partial charge in [-0.25, -0.2) is 5.43 Å². The zero-order chi connectivity index (χ0) is 15.9. The zero-order valence-corrected chi connectivity index (χ0v) is 13.3. The van der Waals surface area contributed by atoms with E-state index in [1.54, 1.807) is 18.0 Å². The molecule has 116 valence electrons. The predicted octanol–water partition coefficient (Wildman–Crippen LogP) is 3.55. The fraction of sp³-hybridized carbons (Fsp3) is 0.111. The Morgan fingerprint density at radius 3 is 2.78 bits per heavy atom. The highest BCUT2D eigenvalue weighted by Crippen LogP contribution is 2.15. The molecule has 1 aromatic heterocycles. The third-order valence-electron chi connectivity index (χ3n) is 3.36. The lowest BCUT2D eigenvalue weighted by Gasteiger charge is -2.01. The van der Waals surface area contributed by atoms with E-state index in [-0.39, 0.29) is 5.91 Å². The molecule has 0 unspecified atom stereocenters. The summed E-state index contributed by atoms with van der Waals surface area (Å²) < 4.78 is 0. The molecular formula is C18H17N3OS. The number of hydrazone groups is 1. The summed E-state index contributed by atoms with van der Waals surface area (Å²) in [6.07, 6.45) is 3.54. The Balaban J connectivity index is 1.47. The number of rotatable bonds is 6. The number of nitrogens with one attached hydrogen (secondary N) is 2. The summed E-state index contributed by atoms with van der Waals surface area (Å²) >= 11 is 1.57.